The van der Waals surface area contributed by atoms with Crippen LogP contribution in [0.1, 0.15) is 18.1 Å². The molecule has 0 aliphatic rings. The van der Waals surface area contributed by atoms with E-state index in [1.54, 1.807) is 20.3 Å². The molecule has 0 fully saturated rings. The van der Waals surface area contributed by atoms with E-state index < -0.39 is 0 Å². The number of aromatic hydroxyl groups is 1. The SMILES string of the molecule is CCc1c(O)cc2cc(OC)c(OC)cc2c1NCc1ccccc1. The summed E-state index contributed by atoms with van der Waals surface area (Å²) in [4.78, 5) is 0. The number of phenolic OH excluding ortho intramolecular Hbond substituents is 1. The number of anilines is 1. The molecular weight excluding hydrogens is 314 g/mol. The van der Waals surface area contributed by atoms with Crippen molar-refractivity contribution in [2.75, 3.05) is 19.5 Å². The van der Waals surface area contributed by atoms with Crippen LogP contribution in [0.25, 0.3) is 10.8 Å². The van der Waals surface area contributed by atoms with E-state index in [9.17, 15) is 5.11 Å². The molecule has 0 unspecified atom stereocenters. The van der Waals surface area contributed by atoms with Gasteiger partial charge in [0.05, 0.1) is 14.2 Å². The summed E-state index contributed by atoms with van der Waals surface area (Å²) in [7, 11) is 3.24. The number of rotatable bonds is 6. The van der Waals surface area contributed by atoms with Crippen molar-refractivity contribution in [2.24, 2.45) is 0 Å². The van der Waals surface area contributed by atoms with Crippen molar-refractivity contribution in [3.8, 4) is 17.2 Å². The molecule has 0 bridgehead atoms. The monoisotopic (exact) mass is 337 g/mol. The molecule has 130 valence electrons. The summed E-state index contributed by atoms with van der Waals surface area (Å²) in [6.07, 6.45) is 0.729. The van der Waals surface area contributed by atoms with Gasteiger partial charge in [0.15, 0.2) is 11.5 Å². The smallest absolute Gasteiger partial charge is 0.161 e. The van der Waals surface area contributed by atoms with Crippen molar-refractivity contribution >= 4 is 16.5 Å². The lowest BCUT2D eigenvalue weighted by molar-refractivity contribution is 0.356. The fourth-order valence-corrected chi connectivity index (χ4v) is 3.10. The van der Waals surface area contributed by atoms with Gasteiger partial charge >= 0.3 is 0 Å². The van der Waals surface area contributed by atoms with E-state index in [0.717, 1.165) is 28.4 Å². The first-order valence-electron chi connectivity index (χ1n) is 8.36. The van der Waals surface area contributed by atoms with Gasteiger partial charge in [-0.3, -0.25) is 0 Å². The second-order valence-corrected chi connectivity index (χ2v) is 5.87. The Morgan fingerprint density at radius 1 is 0.960 bits per heavy atom. The summed E-state index contributed by atoms with van der Waals surface area (Å²) in [5, 5.41) is 15.9. The zero-order valence-corrected chi connectivity index (χ0v) is 14.8. The van der Waals surface area contributed by atoms with E-state index in [2.05, 4.69) is 17.4 Å². The van der Waals surface area contributed by atoms with E-state index in [1.807, 2.05) is 37.3 Å². The number of fused-ring (bicyclic) bond motifs is 1. The molecule has 0 amide bonds. The maximum Gasteiger partial charge on any atom is 0.161 e. The molecule has 3 rings (SSSR count). The third-order valence-electron chi connectivity index (χ3n) is 4.39. The van der Waals surface area contributed by atoms with Crippen molar-refractivity contribution in [2.45, 2.75) is 19.9 Å². The van der Waals surface area contributed by atoms with E-state index >= 15 is 0 Å². The Labute approximate surface area is 148 Å². The van der Waals surface area contributed by atoms with Gasteiger partial charge in [-0.1, -0.05) is 37.3 Å². The highest BCUT2D eigenvalue weighted by molar-refractivity contribution is 5.99. The number of methoxy groups -OCH3 is 2. The summed E-state index contributed by atoms with van der Waals surface area (Å²) >= 11 is 0. The highest BCUT2D eigenvalue weighted by Crippen LogP contribution is 2.40. The van der Waals surface area contributed by atoms with Crippen molar-refractivity contribution in [1.82, 2.24) is 0 Å². The molecule has 0 spiro atoms. The Morgan fingerprint density at radius 2 is 1.64 bits per heavy atom. The van der Waals surface area contributed by atoms with Crippen LogP contribution in [0.5, 0.6) is 17.2 Å². The Bertz CT molecular complexity index is 875. The minimum absolute atomic E-state index is 0.290. The van der Waals surface area contributed by atoms with E-state index in [1.165, 1.54) is 5.56 Å². The molecule has 3 aromatic carbocycles. The molecule has 0 atom stereocenters. The minimum Gasteiger partial charge on any atom is -0.508 e. The largest absolute Gasteiger partial charge is 0.508 e. The van der Waals surface area contributed by atoms with Crippen LogP contribution in [0, 0.1) is 0 Å². The van der Waals surface area contributed by atoms with Gasteiger partial charge in [-0.15, -0.1) is 0 Å². The highest BCUT2D eigenvalue weighted by atomic mass is 16.5. The van der Waals surface area contributed by atoms with Crippen LogP contribution in [0.4, 0.5) is 5.69 Å². The van der Waals surface area contributed by atoms with Crippen molar-refractivity contribution in [1.29, 1.82) is 0 Å². The summed E-state index contributed by atoms with van der Waals surface area (Å²) < 4.78 is 10.8. The predicted octanol–water partition coefficient (Wildman–Crippen LogP) is 4.74. The minimum atomic E-state index is 0.290. The molecule has 0 aliphatic carbocycles. The number of benzene rings is 3. The molecule has 0 aliphatic heterocycles. The lowest BCUT2D eigenvalue weighted by Crippen LogP contribution is -2.04. The van der Waals surface area contributed by atoms with Gasteiger partial charge in [-0.25, -0.2) is 0 Å². The highest BCUT2D eigenvalue weighted by Gasteiger charge is 2.15. The standard InChI is InChI=1S/C21H23NO3/c1-4-16-18(23)10-15-11-19(24-2)20(25-3)12-17(15)21(16)22-13-14-8-6-5-7-9-14/h5-12,22-23H,4,13H2,1-3H3. The molecule has 0 radical (unpaired) electrons. The molecule has 3 aromatic rings. The van der Waals surface area contributed by atoms with Gasteiger partial charge in [-0.2, -0.15) is 0 Å². The third-order valence-corrected chi connectivity index (χ3v) is 4.39. The third kappa shape index (κ3) is 3.33. The van der Waals surface area contributed by atoms with Crippen LogP contribution in [-0.4, -0.2) is 19.3 Å². The van der Waals surface area contributed by atoms with Gasteiger partial charge in [0.1, 0.15) is 5.75 Å². The molecule has 0 aromatic heterocycles. The lowest BCUT2D eigenvalue weighted by atomic mass is 10.00. The lowest BCUT2D eigenvalue weighted by Gasteiger charge is -2.18. The summed E-state index contributed by atoms with van der Waals surface area (Å²) in [5.74, 6) is 1.61. The molecule has 0 heterocycles. The first-order chi connectivity index (χ1) is 12.2. The zero-order chi connectivity index (χ0) is 17.8. The number of hydrogen-bond donors (Lipinski definition) is 2. The Morgan fingerprint density at radius 3 is 2.28 bits per heavy atom. The molecule has 0 saturated heterocycles. The van der Waals surface area contributed by atoms with Gasteiger partial charge in [-0.05, 0) is 35.6 Å². The first kappa shape index (κ1) is 17.0. The first-order valence-corrected chi connectivity index (χ1v) is 8.36. The Kier molecular flexibility index (Phi) is 4.98. The van der Waals surface area contributed by atoms with Gasteiger partial charge in [0, 0.05) is 23.2 Å². The Hall–Kier alpha value is -2.88. The van der Waals surface area contributed by atoms with Crippen LogP contribution >= 0.6 is 0 Å². The maximum absolute atomic E-state index is 10.5. The van der Waals surface area contributed by atoms with E-state index in [4.69, 9.17) is 9.47 Å². The van der Waals surface area contributed by atoms with Crippen molar-refractivity contribution < 1.29 is 14.6 Å². The predicted molar refractivity (Wildman–Crippen MR) is 102 cm³/mol. The molecule has 2 N–H and O–H groups in total. The second kappa shape index (κ2) is 7.34. The number of phenols is 1. The van der Waals surface area contributed by atoms with Crippen molar-refractivity contribution in [3.05, 3.63) is 59.7 Å². The van der Waals surface area contributed by atoms with Gasteiger partial charge in [0.2, 0.25) is 0 Å². The van der Waals surface area contributed by atoms with E-state index in [0.29, 0.717) is 18.0 Å². The van der Waals surface area contributed by atoms with Crippen LogP contribution in [0.3, 0.4) is 0 Å². The average Bonchev–Trinajstić information content (AvgIpc) is 2.65. The molecule has 0 saturated carbocycles. The molecule has 4 nitrogen and oxygen atoms in total. The Balaban J connectivity index is 2.12. The fourth-order valence-electron chi connectivity index (χ4n) is 3.10. The summed E-state index contributed by atoms with van der Waals surface area (Å²) in [6, 6.07) is 15.8. The molecule has 25 heavy (non-hydrogen) atoms. The van der Waals surface area contributed by atoms with Crippen LogP contribution in [0.15, 0.2) is 48.5 Å². The number of hydrogen-bond acceptors (Lipinski definition) is 4. The van der Waals surface area contributed by atoms with Gasteiger partial charge < -0.3 is 19.9 Å². The molecule has 4 heteroatoms. The maximum atomic E-state index is 10.5. The topological polar surface area (TPSA) is 50.7 Å². The summed E-state index contributed by atoms with van der Waals surface area (Å²) in [5.41, 5.74) is 3.01. The normalized spacial score (nSPS) is 10.7. The van der Waals surface area contributed by atoms with Crippen LogP contribution < -0.4 is 14.8 Å². The fraction of sp³-hybridized carbons (Fsp3) is 0.238. The van der Waals surface area contributed by atoms with Crippen molar-refractivity contribution in [3.63, 3.8) is 0 Å². The zero-order valence-electron chi connectivity index (χ0n) is 14.8. The number of nitrogens with one attached hydrogen (secondary N) is 1. The number of ether oxygens (including phenoxy) is 2. The van der Waals surface area contributed by atoms with E-state index in [-0.39, 0.29) is 5.75 Å². The second-order valence-electron chi connectivity index (χ2n) is 5.87. The quantitative estimate of drug-likeness (QED) is 0.682. The van der Waals surface area contributed by atoms with Crippen LogP contribution in [-0.2, 0) is 13.0 Å². The summed E-state index contributed by atoms with van der Waals surface area (Å²) in [6.45, 7) is 2.72. The van der Waals surface area contributed by atoms with Gasteiger partial charge in [0.25, 0.3) is 0 Å². The average molecular weight is 337 g/mol. The molecular formula is C21H23NO3. The van der Waals surface area contributed by atoms with Crippen LogP contribution in [0.2, 0.25) is 0 Å².